The molecule has 0 aliphatic rings. The second-order valence-electron chi connectivity index (χ2n) is 4.25. The quantitative estimate of drug-likeness (QED) is 0.228. The zero-order valence-corrected chi connectivity index (χ0v) is 15.4. The van der Waals surface area contributed by atoms with Crippen LogP contribution < -0.4 is 9.30 Å². The molecule has 23 heavy (non-hydrogen) atoms. The molecule has 2 aromatic rings. The molecule has 10 heteroatoms. The Bertz CT molecular complexity index is 799. The molecule has 128 valence electrons. The Morgan fingerprint density at radius 2 is 2.00 bits per heavy atom. The summed E-state index contributed by atoms with van der Waals surface area (Å²) in [6.45, 7) is 6.92. The predicted octanol–water partition coefficient (Wildman–Crippen LogP) is 1.74. The first kappa shape index (κ1) is 20.0. The van der Waals surface area contributed by atoms with E-state index in [4.69, 9.17) is 17.7 Å². The van der Waals surface area contributed by atoms with Crippen molar-refractivity contribution in [1.82, 2.24) is 0 Å². The Kier molecular flexibility index (Phi) is 6.65. The summed E-state index contributed by atoms with van der Waals surface area (Å²) < 4.78 is 69.5. The summed E-state index contributed by atoms with van der Waals surface area (Å²) in [6.07, 6.45) is 1.95. The standard InChI is InChI=1S/C12H14NOTe.CHF3O3S/c1-4-7-13-9(2)15-12-6-5-10(14-3)8-11(12)13;2-1(3,4)8(5,6)7/h4-6,8H,1,7H2,2-3H3;(H,5,6,7)/q+1;/p-1. The molecule has 0 saturated heterocycles. The van der Waals surface area contributed by atoms with Gasteiger partial charge in [0.2, 0.25) is 0 Å². The molecule has 1 aromatic heterocycles. The van der Waals surface area contributed by atoms with E-state index in [1.807, 2.05) is 12.1 Å². The first-order chi connectivity index (χ1) is 10.5. The van der Waals surface area contributed by atoms with Gasteiger partial charge >= 0.3 is 105 Å². The summed E-state index contributed by atoms with van der Waals surface area (Å²) >= 11 is -0.155. The molecule has 0 bridgehead atoms. The number of aryl methyl sites for hydroxylation is 1. The van der Waals surface area contributed by atoms with Crippen LogP contribution in [0.1, 0.15) is 3.71 Å². The van der Waals surface area contributed by atoms with E-state index in [1.54, 1.807) is 7.11 Å². The van der Waals surface area contributed by atoms with Crippen molar-refractivity contribution in [3.05, 3.63) is 34.6 Å². The predicted molar refractivity (Wildman–Crippen MR) is 78.3 cm³/mol. The molecule has 1 aromatic carbocycles. The topological polar surface area (TPSA) is 70.3 Å². The van der Waals surface area contributed by atoms with Gasteiger partial charge in [-0.3, -0.25) is 0 Å². The van der Waals surface area contributed by atoms with Gasteiger partial charge in [0.15, 0.2) is 10.1 Å². The van der Waals surface area contributed by atoms with Gasteiger partial charge in [-0.05, 0) is 0 Å². The first-order valence-electron chi connectivity index (χ1n) is 6.11. The number of halogens is 3. The molecule has 0 radical (unpaired) electrons. The number of ether oxygens (including phenoxy) is 1. The van der Waals surface area contributed by atoms with Crippen LogP contribution in [0.5, 0.6) is 5.75 Å². The van der Waals surface area contributed by atoms with Gasteiger partial charge in [-0.25, -0.2) is 8.42 Å². The van der Waals surface area contributed by atoms with Crippen molar-refractivity contribution >= 4 is 39.5 Å². The van der Waals surface area contributed by atoms with Gasteiger partial charge in [-0.15, -0.1) is 0 Å². The Labute approximate surface area is 141 Å². The number of hydrogen-bond acceptors (Lipinski definition) is 4. The number of hydrogen-bond donors (Lipinski definition) is 0. The molecule has 0 unspecified atom stereocenters. The molecule has 0 atom stereocenters. The maximum absolute atomic E-state index is 10.7. The fourth-order valence-electron chi connectivity index (χ4n) is 1.66. The summed E-state index contributed by atoms with van der Waals surface area (Å²) in [5.41, 5.74) is -4.33. The van der Waals surface area contributed by atoms with Crippen LogP contribution in [-0.2, 0) is 16.7 Å². The minimum atomic E-state index is -6.09. The molecule has 0 saturated carbocycles. The molecule has 0 amide bonds. The van der Waals surface area contributed by atoms with Crippen LogP contribution in [0.4, 0.5) is 13.2 Å². The average molecular weight is 465 g/mol. The van der Waals surface area contributed by atoms with Gasteiger partial charge in [0.05, 0.1) is 0 Å². The number of fused-ring (bicyclic) bond motifs is 1. The number of benzene rings is 1. The minimum Gasteiger partial charge on any atom is -0.741 e. The van der Waals surface area contributed by atoms with E-state index in [1.165, 1.54) is 12.6 Å². The van der Waals surface area contributed by atoms with Crippen molar-refractivity contribution in [2.75, 3.05) is 7.11 Å². The number of nitrogens with zero attached hydrogens (tertiary/aromatic N) is 1. The Balaban J connectivity index is 0.000000284. The van der Waals surface area contributed by atoms with Crippen LogP contribution in [-0.4, -0.2) is 46.0 Å². The molecule has 0 aliphatic carbocycles. The molecular formula is C13H14F3NO4STe. The van der Waals surface area contributed by atoms with Crippen molar-refractivity contribution in [3.63, 3.8) is 0 Å². The monoisotopic (exact) mass is 467 g/mol. The van der Waals surface area contributed by atoms with Crippen molar-refractivity contribution in [2.45, 2.75) is 19.0 Å². The number of rotatable bonds is 3. The third-order valence-electron chi connectivity index (χ3n) is 2.69. The van der Waals surface area contributed by atoms with Crippen molar-refractivity contribution in [3.8, 4) is 5.75 Å². The van der Waals surface area contributed by atoms with Crippen LogP contribution in [0.3, 0.4) is 0 Å². The van der Waals surface area contributed by atoms with Gasteiger partial charge in [0.1, 0.15) is 0 Å². The van der Waals surface area contributed by atoms with E-state index >= 15 is 0 Å². The summed E-state index contributed by atoms with van der Waals surface area (Å²) in [4.78, 5) is 0. The fraction of sp³-hybridized carbons (Fsp3) is 0.308. The van der Waals surface area contributed by atoms with Crippen LogP contribution in [0.15, 0.2) is 30.9 Å². The molecule has 0 spiro atoms. The summed E-state index contributed by atoms with van der Waals surface area (Å²) in [6, 6.07) is 6.37. The van der Waals surface area contributed by atoms with Crippen molar-refractivity contribution in [2.24, 2.45) is 0 Å². The van der Waals surface area contributed by atoms with Crippen LogP contribution in [0.25, 0.3) is 8.92 Å². The van der Waals surface area contributed by atoms with E-state index in [9.17, 15) is 13.2 Å². The first-order valence-corrected chi connectivity index (χ1v) is 9.85. The Morgan fingerprint density at radius 3 is 2.43 bits per heavy atom. The van der Waals surface area contributed by atoms with E-state index in [2.05, 4.69) is 30.2 Å². The summed E-state index contributed by atoms with van der Waals surface area (Å²) in [5.74, 6) is 0.935. The molecular weight excluding hydrogens is 451 g/mol. The van der Waals surface area contributed by atoms with Crippen LogP contribution in [0, 0.1) is 6.92 Å². The zero-order chi connectivity index (χ0) is 17.8. The van der Waals surface area contributed by atoms with Gasteiger partial charge < -0.3 is 4.55 Å². The molecule has 0 aliphatic heterocycles. The Hall–Kier alpha value is -1.08. The third-order valence-corrected chi connectivity index (χ3v) is 6.34. The smallest absolute Gasteiger partial charge is 0.485 e. The number of allylic oxidation sites excluding steroid dienone is 1. The SMILES string of the molecule is C=CC[n+]1c(C)[te]c2ccc(OC)cc21.O=S(=O)([O-])C(F)(F)F. The van der Waals surface area contributed by atoms with Crippen molar-refractivity contribution in [1.29, 1.82) is 0 Å². The van der Waals surface area contributed by atoms with Crippen LogP contribution >= 0.6 is 0 Å². The zero-order valence-electron chi connectivity index (χ0n) is 12.3. The normalized spacial score (nSPS) is 11.7. The summed E-state index contributed by atoms with van der Waals surface area (Å²) in [7, 11) is -4.38. The maximum Gasteiger partial charge on any atom is 0.485 e. The number of aromatic nitrogens is 1. The van der Waals surface area contributed by atoms with Gasteiger partial charge in [-0.1, -0.05) is 0 Å². The van der Waals surface area contributed by atoms with Crippen LogP contribution in [0.2, 0.25) is 0 Å². The van der Waals surface area contributed by atoms with Gasteiger partial charge in [0, 0.05) is 0 Å². The second kappa shape index (κ2) is 7.66. The maximum atomic E-state index is 10.7. The second-order valence-corrected chi connectivity index (χ2v) is 9.15. The molecule has 1 heterocycles. The molecule has 5 nitrogen and oxygen atoms in total. The third kappa shape index (κ3) is 5.21. The number of alkyl halides is 3. The molecule has 0 fully saturated rings. The number of methoxy groups -OCH3 is 1. The van der Waals surface area contributed by atoms with Gasteiger partial charge in [-0.2, -0.15) is 13.2 Å². The summed E-state index contributed by atoms with van der Waals surface area (Å²) in [5, 5.41) is 0. The Morgan fingerprint density at radius 1 is 1.43 bits per heavy atom. The van der Waals surface area contributed by atoms with E-state index in [0.717, 1.165) is 12.3 Å². The van der Waals surface area contributed by atoms with E-state index < -0.39 is 15.6 Å². The van der Waals surface area contributed by atoms with E-state index in [-0.39, 0.29) is 20.4 Å². The molecule has 0 N–H and O–H groups in total. The average Bonchev–Trinajstić information content (AvgIpc) is 2.73. The van der Waals surface area contributed by atoms with E-state index in [0.29, 0.717) is 0 Å². The molecule has 2 rings (SSSR count). The fourth-order valence-corrected chi connectivity index (χ4v) is 4.55. The van der Waals surface area contributed by atoms with Crippen molar-refractivity contribution < 1.29 is 35.4 Å². The minimum absolute atomic E-state index is 0.155. The van der Waals surface area contributed by atoms with Gasteiger partial charge in [0.25, 0.3) is 0 Å². The largest absolute Gasteiger partial charge is 0.741 e.